The SMILES string of the molecule is O=C(O)c1cc2c(s1)CCC2=O. The predicted molar refractivity (Wildman–Crippen MR) is 43.9 cm³/mol. The van der Waals surface area contributed by atoms with E-state index < -0.39 is 5.97 Å². The fourth-order valence-corrected chi connectivity index (χ4v) is 2.33. The van der Waals surface area contributed by atoms with Crippen molar-refractivity contribution in [2.75, 3.05) is 0 Å². The van der Waals surface area contributed by atoms with Gasteiger partial charge in [-0.1, -0.05) is 0 Å². The van der Waals surface area contributed by atoms with Crippen LogP contribution in [0.15, 0.2) is 6.07 Å². The molecule has 0 spiro atoms. The molecule has 0 saturated carbocycles. The second-order valence-corrected chi connectivity index (χ2v) is 3.81. The van der Waals surface area contributed by atoms with Gasteiger partial charge in [0.15, 0.2) is 5.78 Å². The average molecular weight is 182 g/mol. The molecule has 0 radical (unpaired) electrons. The number of carbonyl (C=O) groups excluding carboxylic acids is 1. The fourth-order valence-electron chi connectivity index (χ4n) is 1.32. The molecule has 3 nitrogen and oxygen atoms in total. The van der Waals surface area contributed by atoms with Crippen molar-refractivity contribution in [2.45, 2.75) is 12.8 Å². The highest BCUT2D eigenvalue weighted by Crippen LogP contribution is 2.30. The molecular weight excluding hydrogens is 176 g/mol. The van der Waals surface area contributed by atoms with Crippen molar-refractivity contribution in [1.82, 2.24) is 0 Å². The molecule has 0 aliphatic heterocycles. The second-order valence-electron chi connectivity index (χ2n) is 2.68. The molecule has 1 aliphatic rings. The van der Waals surface area contributed by atoms with Gasteiger partial charge in [0.05, 0.1) is 0 Å². The Labute approximate surface area is 72.6 Å². The van der Waals surface area contributed by atoms with E-state index in [0.29, 0.717) is 18.4 Å². The van der Waals surface area contributed by atoms with Crippen LogP contribution in [0.1, 0.15) is 31.3 Å². The number of hydrogen-bond donors (Lipinski definition) is 1. The van der Waals surface area contributed by atoms with E-state index in [2.05, 4.69) is 0 Å². The zero-order valence-corrected chi connectivity index (χ0v) is 6.98. The van der Waals surface area contributed by atoms with Gasteiger partial charge in [-0.15, -0.1) is 11.3 Å². The molecule has 0 unspecified atom stereocenters. The molecule has 12 heavy (non-hydrogen) atoms. The largest absolute Gasteiger partial charge is 0.477 e. The van der Waals surface area contributed by atoms with Gasteiger partial charge in [-0.2, -0.15) is 0 Å². The molecule has 1 heterocycles. The molecule has 4 heteroatoms. The van der Waals surface area contributed by atoms with Gasteiger partial charge < -0.3 is 5.11 Å². The van der Waals surface area contributed by atoms with Crippen LogP contribution in [0.2, 0.25) is 0 Å². The lowest BCUT2D eigenvalue weighted by Gasteiger charge is -1.85. The quantitative estimate of drug-likeness (QED) is 0.717. The fraction of sp³-hybridized carbons (Fsp3) is 0.250. The number of carboxylic acids is 1. The number of carboxylic acid groups (broad SMARTS) is 1. The van der Waals surface area contributed by atoms with E-state index in [1.807, 2.05) is 0 Å². The summed E-state index contributed by atoms with van der Waals surface area (Å²) >= 11 is 1.21. The van der Waals surface area contributed by atoms with E-state index in [4.69, 9.17) is 5.11 Å². The Morgan fingerprint density at radius 3 is 2.83 bits per heavy atom. The van der Waals surface area contributed by atoms with Gasteiger partial charge in [0.1, 0.15) is 4.88 Å². The smallest absolute Gasteiger partial charge is 0.345 e. The summed E-state index contributed by atoms with van der Waals surface area (Å²) in [5.41, 5.74) is 0.623. The number of aromatic carboxylic acids is 1. The van der Waals surface area contributed by atoms with Crippen molar-refractivity contribution in [3.63, 3.8) is 0 Å². The molecule has 0 atom stereocenters. The normalized spacial score (nSPS) is 14.8. The number of carbonyl (C=O) groups is 2. The minimum Gasteiger partial charge on any atom is -0.477 e. The summed E-state index contributed by atoms with van der Waals surface area (Å²) in [5, 5.41) is 8.63. The van der Waals surface area contributed by atoms with Crippen LogP contribution < -0.4 is 0 Å². The first-order valence-electron chi connectivity index (χ1n) is 3.57. The highest BCUT2D eigenvalue weighted by molar-refractivity contribution is 7.14. The summed E-state index contributed by atoms with van der Waals surface area (Å²) in [6.07, 6.45) is 1.26. The summed E-state index contributed by atoms with van der Waals surface area (Å²) in [7, 11) is 0. The Kier molecular flexibility index (Phi) is 1.51. The molecule has 0 bridgehead atoms. The Balaban J connectivity index is 2.49. The number of aryl methyl sites for hydroxylation is 1. The Morgan fingerprint density at radius 1 is 1.50 bits per heavy atom. The predicted octanol–water partition coefficient (Wildman–Crippen LogP) is 1.58. The maximum absolute atomic E-state index is 11.1. The van der Waals surface area contributed by atoms with E-state index in [9.17, 15) is 9.59 Å². The third kappa shape index (κ3) is 0.956. The van der Waals surface area contributed by atoms with Gasteiger partial charge in [0.25, 0.3) is 0 Å². The number of rotatable bonds is 1. The summed E-state index contributed by atoms with van der Waals surface area (Å²) in [4.78, 5) is 22.8. The topological polar surface area (TPSA) is 54.4 Å². The number of Topliss-reactive ketones (excluding diaryl/α,β-unsaturated/α-hetero) is 1. The third-order valence-corrected chi connectivity index (χ3v) is 3.08. The first kappa shape index (κ1) is 7.49. The lowest BCUT2D eigenvalue weighted by Crippen LogP contribution is -1.93. The molecule has 1 aliphatic carbocycles. The van der Waals surface area contributed by atoms with Crippen LogP contribution in [0.5, 0.6) is 0 Å². The molecular formula is C8H6O3S. The molecule has 0 amide bonds. The summed E-state index contributed by atoms with van der Waals surface area (Å²) in [6.45, 7) is 0. The van der Waals surface area contributed by atoms with Gasteiger partial charge >= 0.3 is 5.97 Å². The molecule has 0 saturated heterocycles. The third-order valence-electron chi connectivity index (χ3n) is 1.90. The van der Waals surface area contributed by atoms with Crippen LogP contribution in [0.3, 0.4) is 0 Å². The zero-order valence-electron chi connectivity index (χ0n) is 6.16. The zero-order chi connectivity index (χ0) is 8.72. The molecule has 2 rings (SSSR count). The second kappa shape index (κ2) is 2.42. The van der Waals surface area contributed by atoms with E-state index in [1.165, 1.54) is 17.4 Å². The minimum atomic E-state index is -0.942. The maximum atomic E-state index is 11.1. The maximum Gasteiger partial charge on any atom is 0.345 e. The van der Waals surface area contributed by atoms with Gasteiger partial charge in [-0.3, -0.25) is 4.79 Å². The van der Waals surface area contributed by atoms with Gasteiger partial charge in [-0.05, 0) is 12.5 Å². The van der Waals surface area contributed by atoms with E-state index in [-0.39, 0.29) is 10.7 Å². The van der Waals surface area contributed by atoms with Crippen molar-refractivity contribution in [2.24, 2.45) is 0 Å². The van der Waals surface area contributed by atoms with Crippen molar-refractivity contribution < 1.29 is 14.7 Å². The summed E-state index contributed by atoms with van der Waals surface area (Å²) in [5.74, 6) is -0.865. The Bertz CT molecular complexity index is 364. The van der Waals surface area contributed by atoms with Crippen LogP contribution >= 0.6 is 11.3 Å². The first-order chi connectivity index (χ1) is 5.68. The highest BCUT2D eigenvalue weighted by atomic mass is 32.1. The summed E-state index contributed by atoms with van der Waals surface area (Å²) < 4.78 is 0. The minimum absolute atomic E-state index is 0.0775. The average Bonchev–Trinajstić information content (AvgIpc) is 2.53. The first-order valence-corrected chi connectivity index (χ1v) is 4.39. The number of ketones is 1. The van der Waals surface area contributed by atoms with Crippen molar-refractivity contribution in [3.05, 3.63) is 21.4 Å². The van der Waals surface area contributed by atoms with Crippen LogP contribution in [0.4, 0.5) is 0 Å². The standard InChI is InChI=1S/C8H6O3S/c9-5-1-2-6-4(5)3-7(12-6)8(10)11/h3H,1-2H2,(H,10,11). The molecule has 0 aromatic carbocycles. The highest BCUT2D eigenvalue weighted by Gasteiger charge is 2.24. The lowest BCUT2D eigenvalue weighted by molar-refractivity contribution is 0.0702. The molecule has 0 fully saturated rings. The van der Waals surface area contributed by atoms with Crippen LogP contribution in [-0.4, -0.2) is 16.9 Å². The van der Waals surface area contributed by atoms with E-state index in [1.54, 1.807) is 0 Å². The molecule has 1 N–H and O–H groups in total. The number of thiophene rings is 1. The van der Waals surface area contributed by atoms with Crippen LogP contribution in [0, 0.1) is 0 Å². The monoisotopic (exact) mass is 182 g/mol. The van der Waals surface area contributed by atoms with Gasteiger partial charge in [0, 0.05) is 16.9 Å². The van der Waals surface area contributed by atoms with Crippen LogP contribution in [-0.2, 0) is 6.42 Å². The van der Waals surface area contributed by atoms with Crippen molar-refractivity contribution in [1.29, 1.82) is 0 Å². The van der Waals surface area contributed by atoms with Crippen molar-refractivity contribution >= 4 is 23.1 Å². The number of hydrogen-bond acceptors (Lipinski definition) is 3. The Hall–Kier alpha value is -1.16. The summed E-state index contributed by atoms with van der Waals surface area (Å²) in [6, 6.07) is 1.48. The number of fused-ring (bicyclic) bond motifs is 1. The van der Waals surface area contributed by atoms with Gasteiger partial charge in [-0.25, -0.2) is 4.79 Å². The van der Waals surface area contributed by atoms with Crippen molar-refractivity contribution in [3.8, 4) is 0 Å². The molecule has 62 valence electrons. The van der Waals surface area contributed by atoms with E-state index in [0.717, 1.165) is 4.88 Å². The Morgan fingerprint density at radius 2 is 2.25 bits per heavy atom. The molecule has 1 aromatic rings. The molecule has 1 aromatic heterocycles. The lowest BCUT2D eigenvalue weighted by atomic mass is 10.2. The van der Waals surface area contributed by atoms with Crippen LogP contribution in [0.25, 0.3) is 0 Å². The van der Waals surface area contributed by atoms with E-state index >= 15 is 0 Å². The van der Waals surface area contributed by atoms with Gasteiger partial charge in [0.2, 0.25) is 0 Å².